The first-order chi connectivity index (χ1) is 37.9. The molecule has 0 rings (SSSR count). The minimum atomic E-state index is -4.45. The molecule has 0 heterocycles. The van der Waals surface area contributed by atoms with Crippen LogP contribution in [0.15, 0.2) is 24.3 Å². The molecule has 0 aromatic heterocycles. The van der Waals surface area contributed by atoms with Gasteiger partial charge >= 0.3 is 13.8 Å². The molecule has 0 saturated carbocycles. The zero-order chi connectivity index (χ0) is 57.2. The highest BCUT2D eigenvalue weighted by Crippen LogP contribution is 2.43. The van der Waals surface area contributed by atoms with Crippen LogP contribution in [-0.4, -0.2) is 74.3 Å². The Kier molecular flexibility index (Phi) is 57.5. The highest BCUT2D eigenvalue weighted by Gasteiger charge is 2.30. The van der Waals surface area contributed by atoms with Gasteiger partial charge < -0.3 is 19.4 Å². The highest BCUT2D eigenvalue weighted by molar-refractivity contribution is 7.47. The van der Waals surface area contributed by atoms with Crippen molar-refractivity contribution in [1.29, 1.82) is 0 Å². The van der Waals surface area contributed by atoms with E-state index < -0.39 is 20.0 Å². The largest absolute Gasteiger partial charge is 0.472 e. The summed E-state index contributed by atoms with van der Waals surface area (Å²) in [5.74, 6) is -0.487. The quantitative estimate of drug-likeness (QED) is 0.0205. The first kappa shape index (κ1) is 76.5. The van der Waals surface area contributed by atoms with E-state index in [1.165, 1.54) is 257 Å². The van der Waals surface area contributed by atoms with Gasteiger partial charge in [-0.25, -0.2) is 4.57 Å². The Morgan fingerprint density at radius 2 is 0.744 bits per heavy atom. The minimum Gasteiger partial charge on any atom is -0.456 e. The number of carbonyl (C=O) groups is 2. The number of nitrogens with zero attached hydrogens (tertiary/aromatic N) is 1. The fourth-order valence-corrected chi connectivity index (χ4v) is 11.1. The molecule has 10 heteroatoms. The summed E-state index contributed by atoms with van der Waals surface area (Å²) in [7, 11) is 1.51. The molecule has 0 aliphatic carbocycles. The zero-order valence-corrected chi connectivity index (χ0v) is 53.8. The molecule has 0 saturated heterocycles. The van der Waals surface area contributed by atoms with Crippen molar-refractivity contribution in [2.24, 2.45) is 0 Å². The number of esters is 1. The van der Waals surface area contributed by atoms with Crippen LogP contribution in [0.2, 0.25) is 0 Å². The Balaban J connectivity index is 5.11. The molecule has 0 aliphatic heterocycles. The second kappa shape index (κ2) is 58.7. The molecular weight excluding hydrogens is 988 g/mol. The molecule has 0 aliphatic rings. The maximum absolute atomic E-state index is 13.6. The molecule has 462 valence electrons. The molecule has 0 fully saturated rings. The van der Waals surface area contributed by atoms with Crippen molar-refractivity contribution in [2.45, 2.75) is 360 Å². The van der Waals surface area contributed by atoms with Crippen LogP contribution < -0.4 is 5.32 Å². The first-order valence-corrected chi connectivity index (χ1v) is 35.7. The minimum absolute atomic E-state index is 0.0436. The van der Waals surface area contributed by atoms with Crippen LogP contribution >= 0.6 is 7.82 Å². The molecule has 2 N–H and O–H groups in total. The maximum atomic E-state index is 13.6. The molecule has 0 bridgehead atoms. The van der Waals surface area contributed by atoms with Crippen LogP contribution in [0.5, 0.6) is 0 Å². The number of likely N-dealkylation sites (N-methyl/N-ethyl adjacent to an activating group) is 1. The fraction of sp³-hybridized carbons (Fsp3) is 0.912. The van der Waals surface area contributed by atoms with E-state index in [1.807, 2.05) is 33.3 Å². The summed E-state index contributed by atoms with van der Waals surface area (Å²) >= 11 is 0. The van der Waals surface area contributed by atoms with Gasteiger partial charge in [-0.05, 0) is 57.4 Å². The Bertz CT molecular complexity index is 1380. The molecule has 78 heavy (non-hydrogen) atoms. The summed E-state index contributed by atoms with van der Waals surface area (Å²) in [4.78, 5) is 37.8. The summed E-state index contributed by atoms with van der Waals surface area (Å²) in [5, 5.41) is 3.07. The first-order valence-electron chi connectivity index (χ1n) is 34.2. The predicted octanol–water partition coefficient (Wildman–Crippen LogP) is 21.3. The van der Waals surface area contributed by atoms with Crippen molar-refractivity contribution in [1.82, 2.24) is 5.32 Å². The van der Waals surface area contributed by atoms with E-state index in [2.05, 4.69) is 38.2 Å². The number of hydrogen-bond acceptors (Lipinski definition) is 6. The van der Waals surface area contributed by atoms with Crippen molar-refractivity contribution in [3.8, 4) is 0 Å². The maximum Gasteiger partial charge on any atom is 0.472 e. The van der Waals surface area contributed by atoms with Crippen LogP contribution in [0.1, 0.15) is 348 Å². The van der Waals surface area contributed by atoms with Crippen molar-refractivity contribution in [2.75, 3.05) is 40.9 Å². The van der Waals surface area contributed by atoms with Gasteiger partial charge in [-0.1, -0.05) is 302 Å². The Morgan fingerprint density at radius 1 is 0.436 bits per heavy atom. The van der Waals surface area contributed by atoms with Gasteiger partial charge in [0.2, 0.25) is 5.91 Å². The van der Waals surface area contributed by atoms with Gasteiger partial charge in [-0.2, -0.15) is 0 Å². The number of nitrogens with one attached hydrogen (secondary N) is 1. The molecule has 0 aromatic carbocycles. The molecule has 0 aromatic rings. The Morgan fingerprint density at radius 3 is 1.09 bits per heavy atom. The lowest BCUT2D eigenvalue weighted by Gasteiger charge is -2.27. The van der Waals surface area contributed by atoms with Crippen LogP contribution in [0.25, 0.3) is 0 Å². The number of amides is 1. The third-order valence-corrected chi connectivity index (χ3v) is 16.6. The number of unbranched alkanes of at least 4 members (excludes halogenated alkanes) is 45. The van der Waals surface area contributed by atoms with Crippen LogP contribution in [0.4, 0.5) is 0 Å². The number of allylic oxidation sites excluding steroid dienone is 3. The number of quaternary nitrogens is 1. The number of carbonyl (C=O) groups excluding carboxylic acids is 2. The lowest BCUT2D eigenvalue weighted by molar-refractivity contribution is -0.870. The van der Waals surface area contributed by atoms with Crippen LogP contribution in [-0.2, 0) is 27.9 Å². The molecule has 9 nitrogen and oxygen atoms in total. The summed E-state index contributed by atoms with van der Waals surface area (Å²) in [5.41, 5.74) is 0. The van der Waals surface area contributed by atoms with Crippen LogP contribution in [0.3, 0.4) is 0 Å². The molecule has 1 amide bonds. The van der Waals surface area contributed by atoms with E-state index >= 15 is 0 Å². The molecule has 3 atom stereocenters. The molecule has 3 unspecified atom stereocenters. The zero-order valence-electron chi connectivity index (χ0n) is 52.9. The van der Waals surface area contributed by atoms with Gasteiger partial charge in [0.25, 0.3) is 0 Å². The molecular formula is C68H134N2O7P+. The van der Waals surface area contributed by atoms with Gasteiger partial charge in [0.1, 0.15) is 19.3 Å². The number of hydrogen-bond donors (Lipinski definition) is 2. The van der Waals surface area contributed by atoms with Gasteiger partial charge in [0.15, 0.2) is 0 Å². The smallest absolute Gasteiger partial charge is 0.456 e. The van der Waals surface area contributed by atoms with Crippen molar-refractivity contribution >= 4 is 19.7 Å². The lowest BCUT2D eigenvalue weighted by Crippen LogP contribution is -2.47. The highest BCUT2D eigenvalue weighted by atomic mass is 31.2. The monoisotopic (exact) mass is 1120 g/mol. The van der Waals surface area contributed by atoms with Gasteiger partial charge in [0.05, 0.1) is 33.8 Å². The fourth-order valence-electron chi connectivity index (χ4n) is 10.4. The standard InChI is InChI=1S/C68H133N2O7P/c1-7-10-13-16-19-22-25-28-30-32-34-35-37-39-41-43-46-49-52-55-58-61-68(72)77-66(59-56-53-50-47-44-27-24-21-18-15-12-9-3)65(64-76-78(73,74)75-63-62-70(4,5)6)69-67(71)60-57-54-51-48-45-42-40-38-36-33-31-29-26-23-20-17-14-11-8-2/h29,31,56,59,65-66H,7-28,30,32-55,57-58,60-64H2,1-6H3,(H-,69,71,73,74)/p+1/b31-29+,59-56+. The average Bonchev–Trinajstić information content (AvgIpc) is 3.40. The Hall–Kier alpha value is -1.51. The lowest BCUT2D eigenvalue weighted by atomic mass is 10.0. The Labute approximate surface area is 485 Å². The third-order valence-electron chi connectivity index (χ3n) is 15.6. The van der Waals surface area contributed by atoms with E-state index in [9.17, 15) is 19.0 Å². The topological polar surface area (TPSA) is 111 Å². The van der Waals surface area contributed by atoms with Gasteiger partial charge in [-0.15, -0.1) is 0 Å². The van der Waals surface area contributed by atoms with E-state index in [-0.39, 0.29) is 25.1 Å². The molecule has 0 radical (unpaired) electrons. The van der Waals surface area contributed by atoms with E-state index in [0.29, 0.717) is 23.9 Å². The summed E-state index contributed by atoms with van der Waals surface area (Å²) in [6, 6.07) is -0.844. The third kappa shape index (κ3) is 59.1. The predicted molar refractivity (Wildman–Crippen MR) is 337 cm³/mol. The summed E-state index contributed by atoms with van der Waals surface area (Å²) in [6.07, 6.45) is 70.4. The molecule has 0 spiro atoms. The average molecular weight is 1120 g/mol. The SMILES string of the molecule is CCCCCCCC/C=C/CCCCCCCCCCCC(=O)NC(COP(=O)(O)OCC[N+](C)(C)C)C(/C=C/CCCCCCCCCCCC)OC(=O)CCCCCCCCCCCCCCCCCCCCCCC. The van der Waals surface area contributed by atoms with Crippen LogP contribution in [0, 0.1) is 0 Å². The summed E-state index contributed by atoms with van der Waals surface area (Å²) in [6.45, 7) is 7.07. The summed E-state index contributed by atoms with van der Waals surface area (Å²) < 4.78 is 30.8. The van der Waals surface area contributed by atoms with E-state index in [0.717, 1.165) is 57.8 Å². The van der Waals surface area contributed by atoms with Gasteiger partial charge in [0, 0.05) is 12.8 Å². The van der Waals surface area contributed by atoms with Crippen molar-refractivity contribution in [3.63, 3.8) is 0 Å². The normalized spacial score (nSPS) is 13.7. The second-order valence-electron chi connectivity index (χ2n) is 24.7. The van der Waals surface area contributed by atoms with Crippen molar-refractivity contribution in [3.05, 3.63) is 24.3 Å². The van der Waals surface area contributed by atoms with Gasteiger partial charge in [-0.3, -0.25) is 18.6 Å². The number of rotatable bonds is 63. The van der Waals surface area contributed by atoms with E-state index in [1.54, 1.807) is 0 Å². The van der Waals surface area contributed by atoms with Crippen molar-refractivity contribution < 1.29 is 37.3 Å². The van der Waals surface area contributed by atoms with E-state index in [4.69, 9.17) is 13.8 Å². The number of phosphoric acid groups is 1. The second-order valence-corrected chi connectivity index (χ2v) is 26.2. The number of phosphoric ester groups is 1. The number of ether oxygens (including phenoxy) is 1.